The number of carbonyl (C=O) groups is 1. The number of fused-ring (bicyclic) bond motifs is 3. The van der Waals surface area contributed by atoms with Gasteiger partial charge in [0.15, 0.2) is 0 Å². The number of rotatable bonds is 5. The van der Waals surface area contributed by atoms with Crippen molar-refractivity contribution in [1.29, 1.82) is 0 Å². The maximum Gasteiger partial charge on any atom is 0.277 e. The van der Waals surface area contributed by atoms with E-state index in [0.717, 1.165) is 46.4 Å². The van der Waals surface area contributed by atoms with E-state index < -0.39 is 27.1 Å². The fraction of sp³-hybridized carbons (Fsp3) is 0.0952. The lowest BCUT2D eigenvalue weighted by molar-refractivity contribution is -0.394. The molecule has 0 aliphatic heterocycles. The number of aryl methyl sites for hydroxylation is 1. The minimum Gasteiger partial charge on any atom is -0.354 e. The van der Waals surface area contributed by atoms with Crippen molar-refractivity contribution in [2.24, 2.45) is 0 Å². The van der Waals surface area contributed by atoms with Crippen molar-refractivity contribution in [2.75, 3.05) is 5.32 Å². The van der Waals surface area contributed by atoms with Crippen LogP contribution in [0.5, 0.6) is 0 Å². The van der Waals surface area contributed by atoms with Crippen LogP contribution in [0.25, 0.3) is 21.8 Å². The van der Waals surface area contributed by atoms with Gasteiger partial charge >= 0.3 is 0 Å². The first-order chi connectivity index (χ1) is 14.4. The van der Waals surface area contributed by atoms with Crippen LogP contribution in [0.2, 0.25) is 0 Å². The summed E-state index contributed by atoms with van der Waals surface area (Å²) in [6.07, 6.45) is 0.874. The van der Waals surface area contributed by atoms with Crippen molar-refractivity contribution in [1.82, 2.24) is 4.98 Å². The molecule has 0 unspecified atom stereocenters. The van der Waals surface area contributed by atoms with Crippen LogP contribution in [0.1, 0.15) is 22.8 Å². The largest absolute Gasteiger partial charge is 0.354 e. The standard InChI is InChI=1S/C21H16N4O5/c1-2-12-4-3-5-18-17-7-6-14(10-19(17)23-20(12)18)22-21(26)13-8-15(24(27)28)11-16(9-13)25(29)30/h3-11,23H,2H2,1H3,(H,22,26). The van der Waals surface area contributed by atoms with Gasteiger partial charge in [-0.2, -0.15) is 0 Å². The molecule has 0 fully saturated rings. The second kappa shape index (κ2) is 7.28. The monoisotopic (exact) mass is 404 g/mol. The molecule has 0 radical (unpaired) electrons. The van der Waals surface area contributed by atoms with Crippen LogP contribution in [0.15, 0.2) is 54.6 Å². The highest BCUT2D eigenvalue weighted by Gasteiger charge is 2.20. The van der Waals surface area contributed by atoms with Gasteiger partial charge in [0, 0.05) is 39.6 Å². The molecule has 1 heterocycles. The number of hydrogen-bond acceptors (Lipinski definition) is 5. The lowest BCUT2D eigenvalue weighted by Crippen LogP contribution is -2.12. The van der Waals surface area contributed by atoms with Gasteiger partial charge < -0.3 is 10.3 Å². The van der Waals surface area contributed by atoms with Crippen molar-refractivity contribution in [3.63, 3.8) is 0 Å². The molecule has 4 rings (SSSR count). The maximum absolute atomic E-state index is 12.6. The lowest BCUT2D eigenvalue weighted by atomic mass is 10.1. The Kier molecular flexibility index (Phi) is 4.63. The van der Waals surface area contributed by atoms with Crippen molar-refractivity contribution >= 4 is 44.8 Å². The maximum atomic E-state index is 12.6. The Balaban J connectivity index is 1.70. The quantitative estimate of drug-likeness (QED) is 0.359. The van der Waals surface area contributed by atoms with E-state index in [2.05, 4.69) is 23.3 Å². The molecule has 3 aromatic carbocycles. The van der Waals surface area contributed by atoms with E-state index in [9.17, 15) is 25.0 Å². The van der Waals surface area contributed by atoms with E-state index in [1.807, 2.05) is 18.2 Å². The smallest absolute Gasteiger partial charge is 0.277 e. The summed E-state index contributed by atoms with van der Waals surface area (Å²) in [5, 5.41) is 26.8. The number of nitro groups is 2. The van der Waals surface area contributed by atoms with Gasteiger partial charge in [0.25, 0.3) is 17.3 Å². The first-order valence-electron chi connectivity index (χ1n) is 9.16. The van der Waals surface area contributed by atoms with E-state index in [1.54, 1.807) is 12.1 Å². The van der Waals surface area contributed by atoms with Gasteiger partial charge in [0.05, 0.1) is 21.5 Å². The fourth-order valence-electron chi connectivity index (χ4n) is 3.50. The summed E-state index contributed by atoms with van der Waals surface area (Å²) in [7, 11) is 0. The molecule has 0 spiro atoms. The number of nitrogens with zero attached hydrogens (tertiary/aromatic N) is 2. The number of benzene rings is 3. The number of hydrogen-bond donors (Lipinski definition) is 2. The van der Waals surface area contributed by atoms with Crippen LogP contribution < -0.4 is 5.32 Å². The third kappa shape index (κ3) is 3.32. The molecular formula is C21H16N4O5. The molecule has 0 atom stereocenters. The Morgan fingerprint density at radius 2 is 1.67 bits per heavy atom. The summed E-state index contributed by atoms with van der Waals surface area (Å²) < 4.78 is 0. The first kappa shape index (κ1) is 19.1. The topological polar surface area (TPSA) is 131 Å². The third-order valence-corrected chi connectivity index (χ3v) is 4.95. The van der Waals surface area contributed by atoms with Gasteiger partial charge in [-0.3, -0.25) is 25.0 Å². The zero-order chi connectivity index (χ0) is 21.4. The summed E-state index contributed by atoms with van der Waals surface area (Å²) >= 11 is 0. The van der Waals surface area contributed by atoms with E-state index in [0.29, 0.717) is 5.69 Å². The number of nitrogens with one attached hydrogen (secondary N) is 2. The molecular weight excluding hydrogens is 388 g/mol. The highest BCUT2D eigenvalue weighted by atomic mass is 16.6. The summed E-state index contributed by atoms with van der Waals surface area (Å²) in [6, 6.07) is 14.3. The third-order valence-electron chi connectivity index (χ3n) is 4.95. The highest BCUT2D eigenvalue weighted by Crippen LogP contribution is 2.30. The zero-order valence-corrected chi connectivity index (χ0v) is 15.8. The van der Waals surface area contributed by atoms with E-state index in [4.69, 9.17) is 0 Å². The van der Waals surface area contributed by atoms with Crippen LogP contribution in [0.3, 0.4) is 0 Å². The van der Waals surface area contributed by atoms with Crippen LogP contribution in [-0.4, -0.2) is 20.7 Å². The minimum atomic E-state index is -0.772. The first-order valence-corrected chi connectivity index (χ1v) is 9.16. The number of aromatic nitrogens is 1. The molecule has 9 nitrogen and oxygen atoms in total. The molecule has 4 aromatic rings. The summed E-state index contributed by atoms with van der Waals surface area (Å²) in [5.41, 5.74) is 2.30. The van der Waals surface area contributed by atoms with E-state index in [-0.39, 0.29) is 5.56 Å². The van der Waals surface area contributed by atoms with Crippen LogP contribution >= 0.6 is 0 Å². The van der Waals surface area contributed by atoms with Crippen molar-refractivity contribution < 1.29 is 14.6 Å². The van der Waals surface area contributed by atoms with Crippen LogP contribution in [0, 0.1) is 20.2 Å². The van der Waals surface area contributed by atoms with Crippen molar-refractivity contribution in [3.8, 4) is 0 Å². The normalized spacial score (nSPS) is 11.0. The Morgan fingerprint density at radius 1 is 0.967 bits per heavy atom. The number of para-hydroxylation sites is 1. The molecule has 0 bridgehead atoms. The Labute approximate surface area is 169 Å². The Morgan fingerprint density at radius 3 is 2.30 bits per heavy atom. The molecule has 1 aromatic heterocycles. The van der Waals surface area contributed by atoms with Gasteiger partial charge in [0.1, 0.15) is 0 Å². The van der Waals surface area contributed by atoms with Gasteiger partial charge in [-0.25, -0.2) is 0 Å². The average Bonchev–Trinajstić information content (AvgIpc) is 3.11. The molecule has 0 aliphatic carbocycles. The van der Waals surface area contributed by atoms with E-state index >= 15 is 0 Å². The van der Waals surface area contributed by atoms with Gasteiger partial charge in [-0.15, -0.1) is 0 Å². The number of H-pyrrole nitrogens is 1. The SMILES string of the molecule is CCc1cccc2c1[nH]c1cc(NC(=O)c3cc([N+](=O)[O-])cc([N+](=O)[O-])c3)ccc12. The summed E-state index contributed by atoms with van der Waals surface area (Å²) in [6.45, 7) is 2.07. The van der Waals surface area contributed by atoms with Gasteiger partial charge in [-0.1, -0.05) is 31.2 Å². The fourth-order valence-corrected chi connectivity index (χ4v) is 3.50. The number of nitro benzene ring substituents is 2. The van der Waals surface area contributed by atoms with Crippen molar-refractivity contribution in [2.45, 2.75) is 13.3 Å². The molecule has 1 amide bonds. The average molecular weight is 404 g/mol. The van der Waals surface area contributed by atoms with E-state index in [1.165, 1.54) is 5.56 Å². The second-order valence-corrected chi connectivity index (χ2v) is 6.79. The second-order valence-electron chi connectivity index (χ2n) is 6.79. The Bertz CT molecular complexity index is 1310. The number of anilines is 1. The number of non-ortho nitro benzene ring substituents is 2. The summed E-state index contributed by atoms with van der Waals surface area (Å²) in [5.74, 6) is -0.675. The number of carbonyl (C=O) groups excluding carboxylic acids is 1. The lowest BCUT2D eigenvalue weighted by Gasteiger charge is -2.06. The van der Waals surface area contributed by atoms with Crippen molar-refractivity contribution in [3.05, 3.63) is 86.0 Å². The summed E-state index contributed by atoms with van der Waals surface area (Å²) in [4.78, 5) is 36.5. The van der Waals surface area contributed by atoms with Gasteiger partial charge in [-0.05, 0) is 24.1 Å². The van der Waals surface area contributed by atoms with Crippen LogP contribution in [0.4, 0.5) is 17.1 Å². The molecule has 0 saturated heterocycles. The number of aromatic amines is 1. The zero-order valence-electron chi connectivity index (χ0n) is 15.8. The molecule has 9 heteroatoms. The Hall–Kier alpha value is -4.27. The molecule has 2 N–H and O–H groups in total. The van der Waals surface area contributed by atoms with Crippen LogP contribution in [-0.2, 0) is 6.42 Å². The highest BCUT2D eigenvalue weighted by molar-refractivity contribution is 6.10. The minimum absolute atomic E-state index is 0.166. The predicted molar refractivity (Wildman–Crippen MR) is 113 cm³/mol. The number of amides is 1. The molecule has 30 heavy (non-hydrogen) atoms. The molecule has 0 saturated carbocycles. The predicted octanol–water partition coefficient (Wildman–Crippen LogP) is 4.95. The molecule has 150 valence electrons. The molecule has 0 aliphatic rings. The van der Waals surface area contributed by atoms with Gasteiger partial charge in [0.2, 0.25) is 0 Å².